The average molecular weight is 120 g/mol. The van der Waals surface area contributed by atoms with Crippen molar-refractivity contribution in [1.82, 2.24) is 0 Å². The van der Waals surface area contributed by atoms with Gasteiger partial charge in [-0.2, -0.15) is 0 Å². The lowest BCUT2D eigenvalue weighted by Gasteiger charge is -1.91. The summed E-state index contributed by atoms with van der Waals surface area (Å²) < 4.78 is 10.3. The molecule has 3 heteroatoms. The first kappa shape index (κ1) is 6.93. The highest BCUT2D eigenvalue weighted by Crippen LogP contribution is 2.36. The number of hydrogen-bond donors (Lipinski definition) is 1. The van der Waals surface area contributed by atoms with E-state index in [9.17, 15) is 4.57 Å². The van der Waals surface area contributed by atoms with Crippen molar-refractivity contribution in [2.75, 3.05) is 6.66 Å². The fraction of sp³-hybridized carbons (Fsp3) is 0.500. The first-order chi connectivity index (χ1) is 3.06. The van der Waals surface area contributed by atoms with Crippen LogP contribution in [0.5, 0.6) is 0 Å². The topological polar surface area (TPSA) is 37.3 Å². The molecule has 0 aromatic rings. The Morgan fingerprint density at radius 3 is 2.14 bits per heavy atom. The van der Waals surface area contributed by atoms with Crippen molar-refractivity contribution in [2.45, 2.75) is 6.92 Å². The molecule has 0 aliphatic heterocycles. The quantitative estimate of drug-likeness (QED) is 0.531. The molecule has 0 aromatic carbocycles. The van der Waals surface area contributed by atoms with E-state index in [0.717, 1.165) is 0 Å². The second-order valence-electron chi connectivity index (χ2n) is 1.43. The molecular weight excluding hydrogens is 111 g/mol. The third kappa shape index (κ3) is 5.93. The molecule has 0 rings (SSSR count). The Bertz CT molecular complexity index is 111. The van der Waals surface area contributed by atoms with Gasteiger partial charge in [0.15, 0.2) is 0 Å². The van der Waals surface area contributed by atoms with Gasteiger partial charge < -0.3 is 4.89 Å². The van der Waals surface area contributed by atoms with Gasteiger partial charge in [0, 0.05) is 6.66 Å². The van der Waals surface area contributed by atoms with Crippen LogP contribution in [0.3, 0.4) is 0 Å². The monoisotopic (exact) mass is 120 g/mol. The van der Waals surface area contributed by atoms with Crippen molar-refractivity contribution < 1.29 is 9.46 Å². The van der Waals surface area contributed by atoms with Crippen molar-refractivity contribution in [3.63, 3.8) is 0 Å². The molecule has 0 aliphatic carbocycles. The molecule has 7 heavy (non-hydrogen) atoms. The van der Waals surface area contributed by atoms with Gasteiger partial charge in [-0.1, -0.05) is 6.08 Å². The largest absolute Gasteiger partial charge is 0.342 e. The molecule has 0 fully saturated rings. The minimum atomic E-state index is -2.85. The van der Waals surface area contributed by atoms with Gasteiger partial charge in [-0.05, 0) is 12.7 Å². The van der Waals surface area contributed by atoms with E-state index >= 15 is 0 Å². The normalized spacial score (nSPS) is 19.9. The zero-order valence-electron chi connectivity index (χ0n) is 4.46. The summed E-state index contributed by atoms with van der Waals surface area (Å²) in [4.78, 5) is 8.49. The summed E-state index contributed by atoms with van der Waals surface area (Å²) in [7, 11) is -2.85. The Morgan fingerprint density at radius 1 is 1.71 bits per heavy atom. The van der Waals surface area contributed by atoms with Gasteiger partial charge in [0.05, 0.1) is 0 Å². The van der Waals surface area contributed by atoms with Crippen LogP contribution >= 0.6 is 7.37 Å². The van der Waals surface area contributed by atoms with Crippen LogP contribution in [0.1, 0.15) is 6.92 Å². The van der Waals surface area contributed by atoms with E-state index in [1.807, 2.05) is 0 Å². The average Bonchev–Trinajstić information content (AvgIpc) is 1.30. The van der Waals surface area contributed by atoms with Gasteiger partial charge in [0.2, 0.25) is 7.37 Å². The summed E-state index contributed by atoms with van der Waals surface area (Å²) in [6.07, 6.45) is 1.57. The second-order valence-corrected chi connectivity index (χ2v) is 3.61. The smallest absolute Gasteiger partial charge is 0.219 e. The zero-order valence-corrected chi connectivity index (χ0v) is 5.35. The van der Waals surface area contributed by atoms with Gasteiger partial charge >= 0.3 is 0 Å². The third-order valence-corrected chi connectivity index (χ3v) is 1.28. The highest BCUT2D eigenvalue weighted by Gasteiger charge is 1.98. The maximum absolute atomic E-state index is 10.3. The standard InChI is InChI=1S/C4H9O2P/c1-3-4-7(2,5)6/h3-4H,1-2H3,(H,5,6). The first-order valence-corrected chi connectivity index (χ1v) is 4.17. The molecule has 0 aromatic heterocycles. The predicted molar refractivity (Wildman–Crippen MR) is 30.6 cm³/mol. The summed E-state index contributed by atoms with van der Waals surface area (Å²) >= 11 is 0. The zero-order chi connectivity index (χ0) is 5.91. The van der Waals surface area contributed by atoms with Crippen LogP contribution in [0.4, 0.5) is 0 Å². The lowest BCUT2D eigenvalue weighted by atomic mass is 10.8. The summed E-state index contributed by atoms with van der Waals surface area (Å²) in [6, 6.07) is 0. The highest BCUT2D eigenvalue weighted by molar-refractivity contribution is 7.60. The van der Waals surface area contributed by atoms with Crippen molar-refractivity contribution in [3.05, 3.63) is 11.9 Å². The molecule has 0 radical (unpaired) electrons. The Labute approximate surface area is 43.3 Å². The Kier molecular flexibility index (Phi) is 2.27. The van der Waals surface area contributed by atoms with E-state index in [0.29, 0.717) is 0 Å². The van der Waals surface area contributed by atoms with Crippen molar-refractivity contribution >= 4 is 7.37 Å². The summed E-state index contributed by atoms with van der Waals surface area (Å²) in [6.45, 7) is 3.01. The fourth-order valence-corrected chi connectivity index (χ4v) is 0.830. The first-order valence-electron chi connectivity index (χ1n) is 2.00. The Hall–Kier alpha value is -0.0700. The molecule has 0 aliphatic rings. The van der Waals surface area contributed by atoms with Gasteiger partial charge in [-0.3, -0.25) is 4.57 Å². The Morgan fingerprint density at radius 2 is 2.14 bits per heavy atom. The molecule has 0 spiro atoms. The predicted octanol–water partition coefficient (Wildman–Crippen LogP) is 1.42. The Balaban J connectivity index is 3.82. The maximum Gasteiger partial charge on any atom is 0.219 e. The molecule has 0 amide bonds. The molecule has 0 saturated carbocycles. The summed E-state index contributed by atoms with van der Waals surface area (Å²) in [5.41, 5.74) is 0. The summed E-state index contributed by atoms with van der Waals surface area (Å²) in [5, 5.41) is 0. The van der Waals surface area contributed by atoms with Gasteiger partial charge in [-0.25, -0.2) is 0 Å². The molecule has 1 N–H and O–H groups in total. The lowest BCUT2D eigenvalue weighted by Crippen LogP contribution is -1.63. The van der Waals surface area contributed by atoms with E-state index in [2.05, 4.69) is 0 Å². The lowest BCUT2D eigenvalue weighted by molar-refractivity contribution is 0.495. The minimum Gasteiger partial charge on any atom is -0.342 e. The molecular formula is C4H9O2P. The highest BCUT2D eigenvalue weighted by atomic mass is 31.2. The second kappa shape index (κ2) is 2.29. The molecule has 0 bridgehead atoms. The fourth-order valence-electron chi connectivity index (χ4n) is 0.277. The van der Waals surface area contributed by atoms with Crippen molar-refractivity contribution in [2.24, 2.45) is 0 Å². The molecule has 1 unspecified atom stereocenters. The van der Waals surface area contributed by atoms with E-state index in [1.165, 1.54) is 12.5 Å². The molecule has 0 heterocycles. The van der Waals surface area contributed by atoms with Gasteiger partial charge in [-0.15, -0.1) is 0 Å². The van der Waals surface area contributed by atoms with Gasteiger partial charge in [0.25, 0.3) is 0 Å². The molecule has 2 nitrogen and oxygen atoms in total. The molecule has 0 saturated heterocycles. The van der Waals surface area contributed by atoms with E-state index in [1.54, 1.807) is 13.0 Å². The number of hydrogen-bond acceptors (Lipinski definition) is 1. The molecule has 1 atom stereocenters. The summed E-state index contributed by atoms with van der Waals surface area (Å²) in [5.74, 6) is 1.30. The third-order valence-electron chi connectivity index (χ3n) is 0.426. The molecule has 42 valence electrons. The van der Waals surface area contributed by atoms with Crippen LogP contribution in [0.25, 0.3) is 0 Å². The SMILES string of the molecule is CC=CP(C)(=O)O. The van der Waals surface area contributed by atoms with Crippen molar-refractivity contribution in [1.29, 1.82) is 0 Å². The van der Waals surface area contributed by atoms with E-state index in [-0.39, 0.29) is 0 Å². The number of rotatable bonds is 1. The van der Waals surface area contributed by atoms with Crippen LogP contribution < -0.4 is 0 Å². The number of allylic oxidation sites excluding steroid dienone is 1. The van der Waals surface area contributed by atoms with E-state index < -0.39 is 7.37 Å². The van der Waals surface area contributed by atoms with E-state index in [4.69, 9.17) is 4.89 Å². The minimum absolute atomic E-state index is 1.30. The van der Waals surface area contributed by atoms with Crippen molar-refractivity contribution in [3.8, 4) is 0 Å². The van der Waals surface area contributed by atoms with Crippen LogP contribution in [0, 0.1) is 0 Å². The maximum atomic E-state index is 10.3. The van der Waals surface area contributed by atoms with Gasteiger partial charge in [0.1, 0.15) is 0 Å². The van der Waals surface area contributed by atoms with Crippen LogP contribution in [-0.2, 0) is 4.57 Å². The van der Waals surface area contributed by atoms with Crippen LogP contribution in [-0.4, -0.2) is 11.6 Å². The van der Waals surface area contributed by atoms with Crippen LogP contribution in [0.15, 0.2) is 11.9 Å². The van der Waals surface area contributed by atoms with Crippen LogP contribution in [0.2, 0.25) is 0 Å².